The Morgan fingerprint density at radius 2 is 1.63 bits per heavy atom. The van der Waals surface area contributed by atoms with Gasteiger partial charge in [-0.25, -0.2) is 13.2 Å². The molecule has 3 aromatic rings. The fourth-order valence-corrected chi connectivity index (χ4v) is 6.63. The number of fused-ring (bicyclic) bond motifs is 1. The van der Waals surface area contributed by atoms with Gasteiger partial charge in [0.25, 0.3) is 5.91 Å². The molecule has 2 fully saturated rings. The van der Waals surface area contributed by atoms with E-state index in [2.05, 4.69) is 10.3 Å². The van der Waals surface area contributed by atoms with E-state index in [1.54, 1.807) is 59.8 Å². The highest BCUT2D eigenvalue weighted by Crippen LogP contribution is 2.46. The molecule has 0 radical (unpaired) electrons. The largest absolute Gasteiger partial charge is 0.444 e. The van der Waals surface area contributed by atoms with Gasteiger partial charge in [0.1, 0.15) is 5.60 Å². The minimum atomic E-state index is -3.85. The number of sulfonamides is 1. The van der Waals surface area contributed by atoms with Gasteiger partial charge in [-0.3, -0.25) is 9.78 Å². The highest BCUT2D eigenvalue weighted by atomic mass is 35.5. The van der Waals surface area contributed by atoms with E-state index in [0.717, 1.165) is 11.1 Å². The van der Waals surface area contributed by atoms with Crippen LogP contribution in [0, 0.1) is 11.8 Å². The Morgan fingerprint density at radius 1 is 1.00 bits per heavy atom. The summed E-state index contributed by atoms with van der Waals surface area (Å²) in [5.74, 6) is 0.260. The number of ether oxygens (including phenoxy) is 1. The number of halogens is 1. The van der Waals surface area contributed by atoms with Gasteiger partial charge in [-0.15, -0.1) is 0 Å². The van der Waals surface area contributed by atoms with E-state index in [9.17, 15) is 18.0 Å². The predicted molar refractivity (Wildman–Crippen MR) is 155 cm³/mol. The first-order valence-electron chi connectivity index (χ1n) is 13.4. The summed E-state index contributed by atoms with van der Waals surface area (Å²) in [6, 6.07) is 16.6. The van der Waals surface area contributed by atoms with Gasteiger partial charge in [-0.2, -0.15) is 4.31 Å². The SMILES string of the molecule is CC(C)(C)OC(=O)N1C[C@@H]2C(NC(=O)c3ccc(CN(Cc4cccnc4)S(=O)(=O)c4ccc(Cl)cc4)cc3)[C@@H]2C1. The maximum absolute atomic E-state index is 13.6. The molecule has 216 valence electrons. The number of pyridine rings is 1. The van der Waals surface area contributed by atoms with Gasteiger partial charge >= 0.3 is 6.09 Å². The molecule has 2 amide bonds. The van der Waals surface area contributed by atoms with Gasteiger partial charge in [-0.1, -0.05) is 29.8 Å². The Balaban J connectivity index is 1.22. The van der Waals surface area contributed by atoms with Crippen molar-refractivity contribution in [1.29, 1.82) is 0 Å². The van der Waals surface area contributed by atoms with Gasteiger partial charge in [0.15, 0.2) is 0 Å². The van der Waals surface area contributed by atoms with Crippen LogP contribution >= 0.6 is 11.6 Å². The second-order valence-electron chi connectivity index (χ2n) is 11.5. The van der Waals surface area contributed by atoms with Crippen LogP contribution in [-0.4, -0.2) is 59.3 Å². The summed E-state index contributed by atoms with van der Waals surface area (Å²) in [5, 5.41) is 3.53. The second kappa shape index (κ2) is 11.4. The minimum absolute atomic E-state index is 0.0281. The monoisotopic (exact) mass is 596 g/mol. The smallest absolute Gasteiger partial charge is 0.410 e. The fourth-order valence-electron chi connectivity index (χ4n) is 5.09. The zero-order valence-corrected chi connectivity index (χ0v) is 24.7. The number of nitrogens with one attached hydrogen (secondary N) is 1. The summed E-state index contributed by atoms with van der Waals surface area (Å²) in [5.41, 5.74) is 1.43. The number of likely N-dealkylation sites (tertiary alicyclic amines) is 1. The van der Waals surface area contributed by atoms with E-state index < -0.39 is 15.6 Å². The topological polar surface area (TPSA) is 109 Å². The Hall–Kier alpha value is -3.47. The van der Waals surface area contributed by atoms with Gasteiger partial charge in [-0.05, 0) is 74.4 Å². The molecule has 1 saturated carbocycles. The molecule has 2 heterocycles. The summed E-state index contributed by atoms with van der Waals surface area (Å²) in [6.07, 6.45) is 2.95. The van der Waals surface area contributed by atoms with Crippen LogP contribution in [0.25, 0.3) is 0 Å². The molecule has 1 unspecified atom stereocenters. The predicted octanol–water partition coefficient (Wildman–Crippen LogP) is 4.72. The number of hydrogen-bond acceptors (Lipinski definition) is 6. The van der Waals surface area contributed by atoms with E-state index in [-0.39, 0.29) is 47.9 Å². The quantitative estimate of drug-likeness (QED) is 0.403. The molecule has 0 bridgehead atoms. The zero-order chi connectivity index (χ0) is 29.4. The molecular weight excluding hydrogens is 564 g/mol. The summed E-state index contributed by atoms with van der Waals surface area (Å²) in [7, 11) is -3.85. The minimum Gasteiger partial charge on any atom is -0.444 e. The molecule has 2 aromatic carbocycles. The van der Waals surface area contributed by atoms with E-state index >= 15 is 0 Å². The number of benzene rings is 2. The normalized spacial score (nSPS) is 20.0. The number of hydrogen-bond donors (Lipinski definition) is 1. The Kier molecular flexibility index (Phi) is 8.09. The molecule has 1 aromatic heterocycles. The lowest BCUT2D eigenvalue weighted by atomic mass is 10.1. The van der Waals surface area contributed by atoms with Crippen molar-refractivity contribution in [2.45, 2.75) is 50.4 Å². The van der Waals surface area contributed by atoms with Crippen LogP contribution in [0.5, 0.6) is 0 Å². The molecule has 1 N–H and O–H groups in total. The van der Waals surface area contributed by atoms with Crippen LogP contribution in [-0.2, 0) is 27.8 Å². The number of aromatic nitrogens is 1. The average Bonchev–Trinajstić information content (AvgIpc) is 3.34. The van der Waals surface area contributed by atoms with Gasteiger partial charge < -0.3 is 15.0 Å². The average molecular weight is 597 g/mol. The van der Waals surface area contributed by atoms with E-state index in [1.807, 2.05) is 26.8 Å². The third-order valence-corrected chi connectivity index (χ3v) is 9.31. The summed E-state index contributed by atoms with van der Waals surface area (Å²) < 4.78 is 33.9. The summed E-state index contributed by atoms with van der Waals surface area (Å²) in [4.78, 5) is 31.2. The third kappa shape index (κ3) is 6.89. The van der Waals surface area contributed by atoms with Crippen molar-refractivity contribution in [2.75, 3.05) is 13.1 Å². The highest BCUT2D eigenvalue weighted by Gasteiger charge is 2.58. The van der Waals surface area contributed by atoms with Crippen LogP contribution in [0.3, 0.4) is 0 Å². The number of amides is 2. The number of carbonyl (C=O) groups excluding carboxylic acids is 2. The van der Waals surface area contributed by atoms with Crippen molar-refractivity contribution in [3.8, 4) is 0 Å². The number of nitrogens with zero attached hydrogens (tertiary/aromatic N) is 3. The Bertz CT molecular complexity index is 1500. The van der Waals surface area contributed by atoms with Gasteiger partial charge in [0, 0.05) is 67.0 Å². The van der Waals surface area contributed by atoms with Crippen molar-refractivity contribution in [2.24, 2.45) is 11.8 Å². The van der Waals surface area contributed by atoms with Crippen LogP contribution in [0.15, 0.2) is 78.0 Å². The standard InChI is InChI=1S/C30H33ClN4O5S/c1-30(2,3)40-29(37)34-18-25-26(19-34)27(25)33-28(36)22-8-6-20(7-9-22)16-35(17-21-5-4-14-32-15-21)41(38,39)24-12-10-23(31)11-13-24/h4-15,25-27H,16-19H2,1-3H3,(H,33,36)/t25-,26+,27?. The van der Waals surface area contributed by atoms with E-state index in [1.165, 1.54) is 16.4 Å². The lowest BCUT2D eigenvalue weighted by molar-refractivity contribution is 0.0270. The van der Waals surface area contributed by atoms with E-state index in [0.29, 0.717) is 23.7 Å². The van der Waals surface area contributed by atoms with Crippen LogP contribution in [0.4, 0.5) is 4.79 Å². The van der Waals surface area contributed by atoms with Crippen LogP contribution in [0.1, 0.15) is 42.3 Å². The van der Waals surface area contributed by atoms with E-state index in [4.69, 9.17) is 16.3 Å². The maximum atomic E-state index is 13.6. The number of rotatable bonds is 8. The molecule has 1 saturated heterocycles. The molecule has 11 heteroatoms. The summed E-state index contributed by atoms with van der Waals surface area (Å²) in [6.45, 7) is 6.89. The molecule has 1 aliphatic carbocycles. The molecule has 41 heavy (non-hydrogen) atoms. The number of carbonyl (C=O) groups is 2. The first kappa shape index (κ1) is 29.0. The van der Waals surface area contributed by atoms with Crippen LogP contribution in [0.2, 0.25) is 5.02 Å². The molecule has 0 spiro atoms. The lowest BCUT2D eigenvalue weighted by Gasteiger charge is -2.26. The van der Waals surface area contributed by atoms with Crippen molar-refractivity contribution < 1.29 is 22.7 Å². The molecule has 1 aliphatic heterocycles. The lowest BCUT2D eigenvalue weighted by Crippen LogP contribution is -2.40. The first-order chi connectivity index (χ1) is 19.4. The second-order valence-corrected chi connectivity index (χ2v) is 13.9. The molecule has 3 atom stereocenters. The molecule has 9 nitrogen and oxygen atoms in total. The van der Waals surface area contributed by atoms with Crippen LogP contribution < -0.4 is 5.32 Å². The van der Waals surface area contributed by atoms with Gasteiger partial charge in [0.05, 0.1) is 4.90 Å². The molecule has 5 rings (SSSR count). The highest BCUT2D eigenvalue weighted by molar-refractivity contribution is 7.89. The number of piperidine rings is 1. The Labute approximate surface area is 245 Å². The van der Waals surface area contributed by atoms with Crippen molar-refractivity contribution in [1.82, 2.24) is 19.5 Å². The Morgan fingerprint density at radius 3 is 2.22 bits per heavy atom. The van der Waals surface area contributed by atoms with Crippen molar-refractivity contribution in [3.05, 3.63) is 94.8 Å². The van der Waals surface area contributed by atoms with Crippen molar-refractivity contribution in [3.63, 3.8) is 0 Å². The van der Waals surface area contributed by atoms with Gasteiger partial charge in [0.2, 0.25) is 10.0 Å². The molecular formula is C30H33ClN4O5S. The summed E-state index contributed by atoms with van der Waals surface area (Å²) >= 11 is 5.97. The first-order valence-corrected chi connectivity index (χ1v) is 15.2. The van der Waals surface area contributed by atoms with Crippen molar-refractivity contribution >= 4 is 33.6 Å². The molecule has 2 aliphatic rings. The maximum Gasteiger partial charge on any atom is 0.410 e. The fraction of sp³-hybridized carbons (Fsp3) is 0.367. The zero-order valence-electron chi connectivity index (χ0n) is 23.2. The third-order valence-electron chi connectivity index (χ3n) is 7.25.